The molecule has 0 amide bonds. The van der Waals surface area contributed by atoms with E-state index in [0.717, 1.165) is 23.1 Å². The zero-order valence-corrected chi connectivity index (χ0v) is 12.0. The predicted octanol–water partition coefficient (Wildman–Crippen LogP) is 3.71. The molecule has 0 saturated heterocycles. The summed E-state index contributed by atoms with van der Waals surface area (Å²) in [6.45, 7) is 0. The van der Waals surface area contributed by atoms with E-state index in [1.54, 1.807) is 7.11 Å². The third kappa shape index (κ3) is 5.30. The molecule has 0 atom stereocenters. The lowest BCUT2D eigenvalue weighted by molar-refractivity contribution is -0.129. The van der Waals surface area contributed by atoms with Gasteiger partial charge in [-0.1, -0.05) is 23.9 Å². The fourth-order valence-electron chi connectivity index (χ4n) is 1.54. The highest BCUT2D eigenvalue weighted by Gasteiger charge is 2.26. The Morgan fingerprint density at radius 3 is 2.52 bits per heavy atom. The molecule has 0 fully saturated rings. The summed E-state index contributed by atoms with van der Waals surface area (Å²) in [6.07, 6.45) is -4.62. The Kier molecular flexibility index (Phi) is 5.11. The van der Waals surface area contributed by atoms with Crippen LogP contribution in [-0.2, 0) is 6.42 Å². The lowest BCUT2D eigenvalue weighted by Crippen LogP contribution is -2.07. The minimum absolute atomic E-state index is 0.131. The van der Waals surface area contributed by atoms with E-state index in [4.69, 9.17) is 9.15 Å². The number of methoxy groups -OCH3 is 1. The third-order valence-electron chi connectivity index (χ3n) is 2.57. The van der Waals surface area contributed by atoms with Crippen LogP contribution in [-0.4, -0.2) is 29.2 Å². The van der Waals surface area contributed by atoms with Gasteiger partial charge in [0.1, 0.15) is 5.75 Å². The van der Waals surface area contributed by atoms with Gasteiger partial charge in [-0.25, -0.2) is 0 Å². The quantitative estimate of drug-likeness (QED) is 0.760. The van der Waals surface area contributed by atoms with Crippen LogP contribution >= 0.6 is 11.8 Å². The molecule has 0 aliphatic heterocycles. The second kappa shape index (κ2) is 6.84. The molecule has 8 heteroatoms. The van der Waals surface area contributed by atoms with Crippen LogP contribution < -0.4 is 4.74 Å². The second-order valence-electron chi connectivity index (χ2n) is 4.20. The van der Waals surface area contributed by atoms with Gasteiger partial charge in [0.15, 0.2) is 0 Å². The highest BCUT2D eigenvalue weighted by Crippen LogP contribution is 2.25. The van der Waals surface area contributed by atoms with Crippen LogP contribution in [0.1, 0.15) is 17.9 Å². The van der Waals surface area contributed by atoms with E-state index in [-0.39, 0.29) is 11.0 Å². The van der Waals surface area contributed by atoms with Gasteiger partial charge in [-0.3, -0.25) is 0 Å². The van der Waals surface area contributed by atoms with Crippen LogP contribution in [0.5, 0.6) is 5.75 Å². The maximum absolute atomic E-state index is 12.0. The first-order chi connectivity index (χ1) is 9.96. The highest BCUT2D eigenvalue weighted by atomic mass is 32.2. The summed E-state index contributed by atoms with van der Waals surface area (Å²) in [5, 5.41) is 7.69. The van der Waals surface area contributed by atoms with Crippen molar-refractivity contribution in [2.45, 2.75) is 24.2 Å². The first-order valence-electron chi connectivity index (χ1n) is 6.11. The molecular weight excluding hydrogens is 305 g/mol. The molecule has 1 aromatic heterocycles. The van der Waals surface area contributed by atoms with E-state index in [0.29, 0.717) is 12.3 Å². The standard InChI is InChI=1S/C13H13F3N2O2S/c1-19-10-4-2-9(3-5-10)8-11-17-18-12(20-11)21-7-6-13(14,15)16/h2-5H,6-8H2,1H3. The van der Waals surface area contributed by atoms with Crippen molar-refractivity contribution < 1.29 is 22.3 Å². The Morgan fingerprint density at radius 1 is 1.19 bits per heavy atom. The molecule has 2 aromatic rings. The lowest BCUT2D eigenvalue weighted by atomic mass is 10.1. The zero-order valence-electron chi connectivity index (χ0n) is 11.2. The SMILES string of the molecule is COc1ccc(Cc2nnc(SCCC(F)(F)F)o2)cc1. The summed E-state index contributed by atoms with van der Waals surface area (Å²) < 4.78 is 46.4. The lowest BCUT2D eigenvalue weighted by Gasteiger charge is -2.03. The van der Waals surface area contributed by atoms with E-state index in [2.05, 4.69) is 10.2 Å². The van der Waals surface area contributed by atoms with E-state index >= 15 is 0 Å². The van der Waals surface area contributed by atoms with Crippen LogP contribution in [0.15, 0.2) is 33.9 Å². The molecule has 1 heterocycles. The van der Waals surface area contributed by atoms with Crippen LogP contribution in [0.4, 0.5) is 13.2 Å². The second-order valence-corrected chi connectivity index (χ2v) is 5.25. The van der Waals surface area contributed by atoms with Gasteiger partial charge < -0.3 is 9.15 Å². The molecule has 114 valence electrons. The van der Waals surface area contributed by atoms with Crippen molar-refractivity contribution in [2.75, 3.05) is 12.9 Å². The zero-order chi connectivity index (χ0) is 15.3. The predicted molar refractivity (Wildman–Crippen MR) is 71.5 cm³/mol. The average molecular weight is 318 g/mol. The van der Waals surface area contributed by atoms with Crippen molar-refractivity contribution >= 4 is 11.8 Å². The van der Waals surface area contributed by atoms with Crippen molar-refractivity contribution in [1.82, 2.24) is 10.2 Å². The van der Waals surface area contributed by atoms with Gasteiger partial charge in [-0.2, -0.15) is 13.2 Å². The molecule has 1 aromatic carbocycles. The van der Waals surface area contributed by atoms with E-state index in [1.807, 2.05) is 24.3 Å². The number of halogens is 3. The Balaban J connectivity index is 1.87. The summed E-state index contributed by atoms with van der Waals surface area (Å²) in [6, 6.07) is 7.34. The van der Waals surface area contributed by atoms with Gasteiger partial charge >= 0.3 is 6.18 Å². The van der Waals surface area contributed by atoms with Crippen molar-refractivity contribution in [3.8, 4) is 5.75 Å². The van der Waals surface area contributed by atoms with Crippen LogP contribution in [0.2, 0.25) is 0 Å². The maximum Gasteiger partial charge on any atom is 0.389 e. The third-order valence-corrected chi connectivity index (χ3v) is 3.39. The van der Waals surface area contributed by atoms with Crippen molar-refractivity contribution in [2.24, 2.45) is 0 Å². The fourth-order valence-corrected chi connectivity index (χ4v) is 2.30. The Bertz CT molecular complexity index is 570. The normalized spacial score (nSPS) is 11.6. The smallest absolute Gasteiger partial charge is 0.389 e. The maximum atomic E-state index is 12.0. The Labute approximate surface area is 123 Å². The Hall–Kier alpha value is -1.70. The molecule has 0 saturated carbocycles. The van der Waals surface area contributed by atoms with Crippen molar-refractivity contribution in [1.29, 1.82) is 0 Å². The number of aromatic nitrogens is 2. The van der Waals surface area contributed by atoms with Crippen LogP contribution in [0, 0.1) is 0 Å². The molecule has 21 heavy (non-hydrogen) atoms. The van der Waals surface area contributed by atoms with Gasteiger partial charge in [0.05, 0.1) is 20.0 Å². The van der Waals surface area contributed by atoms with Gasteiger partial charge in [0.2, 0.25) is 5.89 Å². The number of thioether (sulfide) groups is 1. The topological polar surface area (TPSA) is 48.2 Å². The van der Waals surface area contributed by atoms with Gasteiger partial charge in [-0.15, -0.1) is 10.2 Å². The summed E-state index contributed by atoms with van der Waals surface area (Å²) >= 11 is 0.904. The fraction of sp³-hybridized carbons (Fsp3) is 0.385. The summed E-state index contributed by atoms with van der Waals surface area (Å²) in [5.74, 6) is 0.982. The summed E-state index contributed by atoms with van der Waals surface area (Å²) in [5.41, 5.74) is 0.950. The van der Waals surface area contributed by atoms with Crippen LogP contribution in [0.25, 0.3) is 0 Å². The minimum Gasteiger partial charge on any atom is -0.497 e. The molecule has 0 aliphatic rings. The molecule has 0 spiro atoms. The number of hydrogen-bond donors (Lipinski definition) is 0. The molecule has 0 bridgehead atoms. The van der Waals surface area contributed by atoms with Gasteiger partial charge in [-0.05, 0) is 17.7 Å². The van der Waals surface area contributed by atoms with Gasteiger partial charge in [0, 0.05) is 5.75 Å². The monoisotopic (exact) mass is 318 g/mol. The number of nitrogens with zero attached hydrogens (tertiary/aromatic N) is 2. The van der Waals surface area contributed by atoms with Crippen LogP contribution in [0.3, 0.4) is 0 Å². The number of benzene rings is 1. The highest BCUT2D eigenvalue weighted by molar-refractivity contribution is 7.99. The van der Waals surface area contributed by atoms with E-state index in [9.17, 15) is 13.2 Å². The molecule has 0 unspecified atom stereocenters. The van der Waals surface area contributed by atoms with Crippen molar-refractivity contribution in [3.05, 3.63) is 35.7 Å². The molecule has 0 N–H and O–H groups in total. The van der Waals surface area contributed by atoms with E-state index in [1.165, 1.54) is 0 Å². The average Bonchev–Trinajstić information content (AvgIpc) is 2.86. The molecule has 0 aliphatic carbocycles. The minimum atomic E-state index is -4.17. The Morgan fingerprint density at radius 2 is 1.90 bits per heavy atom. The molecule has 0 radical (unpaired) electrons. The number of hydrogen-bond acceptors (Lipinski definition) is 5. The number of rotatable bonds is 6. The number of alkyl halides is 3. The summed E-state index contributed by atoms with van der Waals surface area (Å²) in [7, 11) is 1.58. The first-order valence-corrected chi connectivity index (χ1v) is 7.10. The van der Waals surface area contributed by atoms with E-state index < -0.39 is 12.6 Å². The number of ether oxygens (including phenoxy) is 1. The molecule has 2 rings (SSSR count). The largest absolute Gasteiger partial charge is 0.497 e. The first kappa shape index (κ1) is 15.7. The molecular formula is C13H13F3N2O2S. The summed E-state index contributed by atoms with van der Waals surface area (Å²) in [4.78, 5) is 0. The molecule has 4 nitrogen and oxygen atoms in total. The van der Waals surface area contributed by atoms with Crippen molar-refractivity contribution in [3.63, 3.8) is 0 Å². The van der Waals surface area contributed by atoms with Gasteiger partial charge in [0.25, 0.3) is 5.22 Å².